The number of para-hydroxylation sites is 1. The highest BCUT2D eigenvalue weighted by Crippen LogP contribution is 2.37. The number of nitriles is 1. The molecule has 0 heterocycles. The molecule has 35 heavy (non-hydrogen) atoms. The van der Waals surface area contributed by atoms with Crippen LogP contribution in [0, 0.1) is 21.4 Å². The highest BCUT2D eigenvalue weighted by atomic mass is 35.5. The molecule has 9 nitrogen and oxygen atoms in total. The number of nitrogens with zero attached hydrogens (tertiary/aromatic N) is 3. The van der Waals surface area contributed by atoms with Crippen molar-refractivity contribution in [3.05, 3.63) is 98.1 Å². The molecule has 3 aromatic carbocycles. The molecule has 0 aliphatic carbocycles. The highest BCUT2D eigenvalue weighted by Gasteiger charge is 2.16. The van der Waals surface area contributed by atoms with Crippen molar-refractivity contribution in [1.29, 1.82) is 5.26 Å². The van der Waals surface area contributed by atoms with E-state index in [0.29, 0.717) is 34.8 Å². The van der Waals surface area contributed by atoms with Crippen LogP contribution in [0.5, 0.6) is 11.5 Å². The quantitative estimate of drug-likeness (QED) is 0.246. The molecule has 10 heteroatoms. The molecule has 0 aliphatic rings. The van der Waals surface area contributed by atoms with Gasteiger partial charge in [0, 0.05) is 17.2 Å². The van der Waals surface area contributed by atoms with Crippen LogP contribution in [-0.4, -0.2) is 23.7 Å². The number of nitrogens with one attached hydrogen (secondary N) is 1. The molecule has 0 bridgehead atoms. The number of hydrazone groups is 1. The van der Waals surface area contributed by atoms with Gasteiger partial charge in [-0.15, -0.1) is 0 Å². The number of nitro benzene ring substituents is 1. The number of hydrogen-bond donors (Lipinski definition) is 1. The smallest absolute Gasteiger partial charge is 0.273 e. The molecule has 178 valence electrons. The van der Waals surface area contributed by atoms with Crippen LogP contribution in [0.2, 0.25) is 5.02 Å². The van der Waals surface area contributed by atoms with Gasteiger partial charge in [0.1, 0.15) is 6.61 Å². The lowest BCUT2D eigenvalue weighted by Crippen LogP contribution is -2.20. The van der Waals surface area contributed by atoms with Crippen LogP contribution in [0.4, 0.5) is 5.69 Å². The lowest BCUT2D eigenvalue weighted by atomic mass is 10.1. The van der Waals surface area contributed by atoms with Crippen molar-refractivity contribution >= 4 is 29.4 Å². The van der Waals surface area contributed by atoms with E-state index in [-0.39, 0.29) is 29.3 Å². The minimum absolute atomic E-state index is 0.124. The van der Waals surface area contributed by atoms with Gasteiger partial charge in [0.05, 0.1) is 40.8 Å². The zero-order valence-corrected chi connectivity index (χ0v) is 19.5. The van der Waals surface area contributed by atoms with Gasteiger partial charge in [-0.05, 0) is 30.7 Å². The number of carbonyl (C=O) groups is 1. The second-order valence-electron chi connectivity index (χ2n) is 7.18. The van der Waals surface area contributed by atoms with E-state index < -0.39 is 10.8 Å². The van der Waals surface area contributed by atoms with E-state index in [1.807, 2.05) is 13.0 Å². The second-order valence-corrected chi connectivity index (χ2v) is 7.58. The Bertz CT molecular complexity index is 1300. The molecule has 0 saturated heterocycles. The third-order valence-electron chi connectivity index (χ3n) is 4.78. The number of carbonyl (C=O) groups excluding carboxylic acids is 1. The van der Waals surface area contributed by atoms with Crippen LogP contribution >= 0.6 is 11.6 Å². The number of nitro groups is 1. The van der Waals surface area contributed by atoms with Gasteiger partial charge in [0.25, 0.3) is 5.69 Å². The molecule has 0 aromatic heterocycles. The maximum absolute atomic E-state index is 12.2. The Labute approximate surface area is 206 Å². The fourth-order valence-electron chi connectivity index (χ4n) is 3.20. The molecule has 3 aromatic rings. The average Bonchev–Trinajstić information content (AvgIpc) is 2.84. The summed E-state index contributed by atoms with van der Waals surface area (Å²) in [6.07, 6.45) is 1.18. The second kappa shape index (κ2) is 12.2. The Kier molecular flexibility index (Phi) is 8.76. The number of ether oxygens (including phenoxy) is 2. The topological polar surface area (TPSA) is 127 Å². The first-order valence-corrected chi connectivity index (χ1v) is 10.9. The molecule has 0 fully saturated rings. The van der Waals surface area contributed by atoms with Crippen LogP contribution < -0.4 is 14.9 Å². The molecule has 0 atom stereocenters. The molecule has 1 amide bonds. The molecule has 0 radical (unpaired) electrons. The van der Waals surface area contributed by atoms with Crippen LogP contribution in [-0.2, 0) is 17.8 Å². The van der Waals surface area contributed by atoms with E-state index in [1.165, 1.54) is 24.4 Å². The SMILES string of the molecule is CCOc1cc(/C=N/NC(=O)Cc2ccccc2[N+](=O)[O-])cc(Cl)c1OCc1ccccc1C#N. The van der Waals surface area contributed by atoms with Crippen LogP contribution in [0.1, 0.15) is 29.2 Å². The number of amides is 1. The summed E-state index contributed by atoms with van der Waals surface area (Å²) < 4.78 is 11.5. The summed E-state index contributed by atoms with van der Waals surface area (Å²) in [6, 6.07) is 18.5. The summed E-state index contributed by atoms with van der Waals surface area (Å²) in [5.41, 5.74) is 4.25. The minimum atomic E-state index is -0.536. The fourth-order valence-corrected chi connectivity index (χ4v) is 3.47. The van der Waals surface area contributed by atoms with Gasteiger partial charge in [-0.25, -0.2) is 5.43 Å². The normalized spacial score (nSPS) is 10.5. The van der Waals surface area contributed by atoms with E-state index in [0.717, 1.165) is 0 Å². The summed E-state index contributed by atoms with van der Waals surface area (Å²) in [7, 11) is 0. The Morgan fingerprint density at radius 2 is 1.89 bits per heavy atom. The predicted octanol–water partition coefficient (Wildman–Crippen LogP) is 4.79. The maximum Gasteiger partial charge on any atom is 0.273 e. The minimum Gasteiger partial charge on any atom is -0.490 e. The van der Waals surface area contributed by atoms with Gasteiger partial charge >= 0.3 is 0 Å². The van der Waals surface area contributed by atoms with Gasteiger partial charge in [0.15, 0.2) is 11.5 Å². The summed E-state index contributed by atoms with van der Waals surface area (Å²) >= 11 is 6.42. The molecule has 0 spiro atoms. The van der Waals surface area contributed by atoms with E-state index in [2.05, 4.69) is 16.6 Å². The van der Waals surface area contributed by atoms with E-state index >= 15 is 0 Å². The van der Waals surface area contributed by atoms with Gasteiger partial charge in [-0.2, -0.15) is 10.4 Å². The number of hydrogen-bond acceptors (Lipinski definition) is 7. The zero-order valence-electron chi connectivity index (χ0n) is 18.7. The standard InChI is InChI=1S/C25H21ClN4O5/c1-2-34-23-12-17(11-21(26)25(23)35-16-20-9-4-3-8-19(20)14-27)15-28-29-24(31)13-18-7-5-6-10-22(18)30(32)33/h3-12,15H,2,13,16H2,1H3,(H,29,31)/b28-15+. The number of halogens is 1. The Morgan fingerprint density at radius 1 is 1.17 bits per heavy atom. The Hall–Kier alpha value is -4.42. The molecular formula is C25H21ClN4O5. The number of rotatable bonds is 10. The van der Waals surface area contributed by atoms with Crippen LogP contribution in [0.3, 0.4) is 0 Å². The molecule has 0 saturated carbocycles. The molecular weight excluding hydrogens is 472 g/mol. The average molecular weight is 493 g/mol. The van der Waals surface area contributed by atoms with Crippen molar-refractivity contribution in [3.8, 4) is 17.6 Å². The lowest BCUT2D eigenvalue weighted by molar-refractivity contribution is -0.385. The van der Waals surface area contributed by atoms with Gasteiger partial charge < -0.3 is 9.47 Å². The van der Waals surface area contributed by atoms with E-state index in [4.69, 9.17) is 21.1 Å². The van der Waals surface area contributed by atoms with Crippen molar-refractivity contribution in [1.82, 2.24) is 5.43 Å². The first kappa shape index (κ1) is 25.2. The third kappa shape index (κ3) is 6.79. The summed E-state index contributed by atoms with van der Waals surface area (Å²) in [6.45, 7) is 2.29. The monoisotopic (exact) mass is 492 g/mol. The van der Waals surface area contributed by atoms with Crippen LogP contribution in [0.25, 0.3) is 0 Å². The molecule has 0 unspecified atom stereocenters. The Morgan fingerprint density at radius 3 is 2.60 bits per heavy atom. The van der Waals surface area contributed by atoms with Crippen molar-refractivity contribution in [2.45, 2.75) is 20.0 Å². The van der Waals surface area contributed by atoms with Crippen molar-refractivity contribution in [2.75, 3.05) is 6.61 Å². The van der Waals surface area contributed by atoms with Crippen molar-refractivity contribution in [3.63, 3.8) is 0 Å². The molecule has 1 N–H and O–H groups in total. The number of benzene rings is 3. The van der Waals surface area contributed by atoms with Crippen molar-refractivity contribution < 1.29 is 19.2 Å². The van der Waals surface area contributed by atoms with Crippen molar-refractivity contribution in [2.24, 2.45) is 5.10 Å². The van der Waals surface area contributed by atoms with Crippen LogP contribution in [0.15, 0.2) is 65.8 Å². The van der Waals surface area contributed by atoms with E-state index in [9.17, 15) is 20.2 Å². The zero-order chi connectivity index (χ0) is 25.2. The van der Waals surface area contributed by atoms with Gasteiger partial charge in [-0.1, -0.05) is 48.0 Å². The molecule has 0 aliphatic heterocycles. The summed E-state index contributed by atoms with van der Waals surface area (Å²) in [4.78, 5) is 22.8. The predicted molar refractivity (Wildman–Crippen MR) is 131 cm³/mol. The van der Waals surface area contributed by atoms with Gasteiger partial charge in [-0.3, -0.25) is 14.9 Å². The third-order valence-corrected chi connectivity index (χ3v) is 5.06. The maximum atomic E-state index is 12.2. The fraction of sp³-hybridized carbons (Fsp3) is 0.160. The summed E-state index contributed by atoms with van der Waals surface area (Å²) in [5.74, 6) is 0.184. The largest absolute Gasteiger partial charge is 0.490 e. The first-order valence-electron chi connectivity index (χ1n) is 10.5. The summed E-state index contributed by atoms with van der Waals surface area (Å²) in [5, 5.41) is 24.5. The van der Waals surface area contributed by atoms with Gasteiger partial charge in [0.2, 0.25) is 5.91 Å². The lowest BCUT2D eigenvalue weighted by Gasteiger charge is -2.15. The molecule has 3 rings (SSSR count). The highest BCUT2D eigenvalue weighted by molar-refractivity contribution is 6.32. The van der Waals surface area contributed by atoms with E-state index in [1.54, 1.807) is 36.4 Å². The Balaban J connectivity index is 1.70. The first-order chi connectivity index (χ1) is 16.9.